The number of benzene rings is 3. The zero-order chi connectivity index (χ0) is 26.8. The number of hydrogen-bond donors (Lipinski definition) is 0. The van der Waals surface area contributed by atoms with Crippen LogP contribution in [0.15, 0.2) is 71.1 Å². The molecule has 10 heteroatoms. The van der Waals surface area contributed by atoms with E-state index in [0.29, 0.717) is 46.2 Å². The largest absolute Gasteiger partial charge is 0.497 e. The summed E-state index contributed by atoms with van der Waals surface area (Å²) in [4.78, 5) is 4.54. The van der Waals surface area contributed by atoms with Crippen LogP contribution in [0.1, 0.15) is 22.6 Å². The Morgan fingerprint density at radius 1 is 0.703 bits per heavy atom. The van der Waals surface area contributed by atoms with E-state index in [4.69, 9.17) is 13.9 Å². The second-order valence-electron chi connectivity index (χ2n) is 8.16. The molecule has 0 radical (unpaired) electrons. The number of ether oxygens (including phenoxy) is 2. The van der Waals surface area contributed by atoms with Gasteiger partial charge in [-0.15, -0.1) is 0 Å². The van der Waals surface area contributed by atoms with E-state index >= 15 is 0 Å². The molecular weight excluding hydrogens is 500 g/mol. The summed E-state index contributed by atoms with van der Waals surface area (Å²) in [5.41, 5.74) is -1.12. The molecule has 4 nitrogen and oxygen atoms in total. The first kappa shape index (κ1) is 26.1. The molecule has 0 saturated heterocycles. The van der Waals surface area contributed by atoms with Gasteiger partial charge in [0.05, 0.1) is 25.3 Å². The first-order chi connectivity index (χ1) is 17.5. The predicted octanol–water partition coefficient (Wildman–Crippen LogP) is 7.85. The fourth-order valence-electron chi connectivity index (χ4n) is 3.81. The predicted molar refractivity (Wildman–Crippen MR) is 124 cm³/mol. The van der Waals surface area contributed by atoms with Crippen LogP contribution in [0.2, 0.25) is 0 Å². The van der Waals surface area contributed by atoms with Crippen molar-refractivity contribution in [3.05, 3.63) is 89.3 Å². The Morgan fingerprint density at radius 3 is 1.78 bits per heavy atom. The van der Waals surface area contributed by atoms with Gasteiger partial charge in [0.2, 0.25) is 0 Å². The van der Waals surface area contributed by atoms with E-state index in [-0.39, 0.29) is 30.4 Å². The third-order valence-corrected chi connectivity index (χ3v) is 5.62. The molecule has 0 fully saturated rings. The molecule has 3 aromatic carbocycles. The summed E-state index contributed by atoms with van der Waals surface area (Å²) in [6.45, 7) is 0. The highest BCUT2D eigenvalue weighted by Gasteiger charge is 2.36. The third-order valence-electron chi connectivity index (χ3n) is 5.62. The van der Waals surface area contributed by atoms with Crippen LogP contribution in [0.4, 0.5) is 26.3 Å². The van der Waals surface area contributed by atoms with Crippen molar-refractivity contribution in [3.8, 4) is 34.1 Å². The van der Waals surface area contributed by atoms with E-state index in [0.717, 1.165) is 0 Å². The third kappa shape index (κ3) is 6.07. The van der Waals surface area contributed by atoms with Crippen LogP contribution in [-0.4, -0.2) is 19.2 Å². The van der Waals surface area contributed by atoms with Crippen molar-refractivity contribution in [1.29, 1.82) is 0 Å². The summed E-state index contributed by atoms with van der Waals surface area (Å²) < 4.78 is 96.0. The summed E-state index contributed by atoms with van der Waals surface area (Å²) in [6.07, 6.45) is -10.0. The van der Waals surface area contributed by atoms with Crippen LogP contribution in [0.5, 0.6) is 11.5 Å². The molecule has 0 atom stereocenters. The monoisotopic (exact) mass is 521 g/mol. The van der Waals surface area contributed by atoms with Crippen molar-refractivity contribution in [2.24, 2.45) is 0 Å². The second-order valence-corrected chi connectivity index (χ2v) is 8.16. The Bertz CT molecular complexity index is 1290. The van der Waals surface area contributed by atoms with Gasteiger partial charge in [0, 0.05) is 17.5 Å². The molecule has 0 spiro atoms. The zero-order valence-electron chi connectivity index (χ0n) is 19.7. The molecule has 4 aromatic rings. The van der Waals surface area contributed by atoms with Gasteiger partial charge >= 0.3 is 12.4 Å². The van der Waals surface area contributed by atoms with E-state index in [1.807, 2.05) is 0 Å². The number of methoxy groups -OCH3 is 2. The first-order valence-corrected chi connectivity index (χ1v) is 11.0. The molecule has 0 unspecified atom stereocenters. The number of alkyl halides is 6. The molecular formula is C27H21F6NO3. The van der Waals surface area contributed by atoms with Crippen LogP contribution in [-0.2, 0) is 25.2 Å². The van der Waals surface area contributed by atoms with Crippen molar-refractivity contribution in [2.75, 3.05) is 14.2 Å². The molecule has 4 rings (SSSR count). The first-order valence-electron chi connectivity index (χ1n) is 11.0. The fraction of sp³-hybridized carbons (Fsp3) is 0.222. The van der Waals surface area contributed by atoms with Gasteiger partial charge in [-0.05, 0) is 54.4 Å². The highest BCUT2D eigenvalue weighted by atomic mass is 19.4. The number of rotatable bonds is 7. The summed E-state index contributed by atoms with van der Waals surface area (Å²) in [5, 5.41) is 0. The van der Waals surface area contributed by atoms with Crippen molar-refractivity contribution < 1.29 is 40.2 Å². The molecule has 0 amide bonds. The normalized spacial score (nSPS) is 12.0. The smallest absolute Gasteiger partial charge is 0.416 e. The van der Waals surface area contributed by atoms with Gasteiger partial charge in [-0.3, -0.25) is 0 Å². The fourth-order valence-corrected chi connectivity index (χ4v) is 3.81. The SMILES string of the molecule is COc1cccc(-c2nc(CCc3cc(C(F)(F)F)cc(C(F)(F)F)c3)oc2-c2cccc(OC)c2)c1. The van der Waals surface area contributed by atoms with Gasteiger partial charge in [0.1, 0.15) is 17.2 Å². The quantitative estimate of drug-likeness (QED) is 0.232. The van der Waals surface area contributed by atoms with Crippen LogP contribution in [0.3, 0.4) is 0 Å². The lowest BCUT2D eigenvalue weighted by Crippen LogP contribution is -2.12. The lowest BCUT2D eigenvalue weighted by molar-refractivity contribution is -0.143. The van der Waals surface area contributed by atoms with E-state index < -0.39 is 23.5 Å². The maximum Gasteiger partial charge on any atom is 0.416 e. The Morgan fingerprint density at radius 2 is 1.24 bits per heavy atom. The van der Waals surface area contributed by atoms with Crippen molar-refractivity contribution in [3.63, 3.8) is 0 Å². The number of aryl methyl sites for hydroxylation is 2. The van der Waals surface area contributed by atoms with Crippen LogP contribution >= 0.6 is 0 Å². The Balaban J connectivity index is 1.72. The summed E-state index contributed by atoms with van der Waals surface area (Å²) in [6, 6.07) is 15.6. The minimum atomic E-state index is -4.92. The highest BCUT2D eigenvalue weighted by Crippen LogP contribution is 2.38. The average molecular weight is 521 g/mol. The van der Waals surface area contributed by atoms with Crippen molar-refractivity contribution in [2.45, 2.75) is 25.2 Å². The summed E-state index contributed by atoms with van der Waals surface area (Å²) in [7, 11) is 3.03. The topological polar surface area (TPSA) is 44.5 Å². The van der Waals surface area contributed by atoms with Gasteiger partial charge < -0.3 is 13.9 Å². The zero-order valence-corrected chi connectivity index (χ0v) is 19.7. The summed E-state index contributed by atoms with van der Waals surface area (Å²) >= 11 is 0. The van der Waals surface area contributed by atoms with Gasteiger partial charge in [0.15, 0.2) is 11.7 Å². The second kappa shape index (κ2) is 10.2. The van der Waals surface area contributed by atoms with E-state index in [9.17, 15) is 26.3 Å². The van der Waals surface area contributed by atoms with Crippen molar-refractivity contribution in [1.82, 2.24) is 4.98 Å². The van der Waals surface area contributed by atoms with Crippen molar-refractivity contribution >= 4 is 0 Å². The molecule has 37 heavy (non-hydrogen) atoms. The van der Waals surface area contributed by atoms with E-state index in [1.165, 1.54) is 14.2 Å². The average Bonchev–Trinajstić information content (AvgIpc) is 3.31. The minimum Gasteiger partial charge on any atom is -0.497 e. The number of aromatic nitrogens is 1. The number of oxazole rings is 1. The summed E-state index contributed by atoms with van der Waals surface area (Å²) in [5.74, 6) is 1.67. The number of nitrogens with zero attached hydrogens (tertiary/aromatic N) is 1. The maximum absolute atomic E-state index is 13.2. The van der Waals surface area contributed by atoms with Gasteiger partial charge in [-0.25, -0.2) is 4.98 Å². The molecule has 0 bridgehead atoms. The number of hydrogen-bond acceptors (Lipinski definition) is 4. The molecule has 0 aliphatic heterocycles. The lowest BCUT2D eigenvalue weighted by Gasteiger charge is -2.14. The molecule has 0 aliphatic carbocycles. The maximum atomic E-state index is 13.2. The van der Waals surface area contributed by atoms with Crippen LogP contribution in [0.25, 0.3) is 22.6 Å². The lowest BCUT2D eigenvalue weighted by atomic mass is 10.0. The molecule has 194 valence electrons. The molecule has 0 saturated carbocycles. The van der Waals surface area contributed by atoms with Crippen LogP contribution < -0.4 is 9.47 Å². The Kier molecular flexibility index (Phi) is 7.20. The van der Waals surface area contributed by atoms with Gasteiger partial charge in [-0.1, -0.05) is 24.3 Å². The molecule has 0 N–H and O–H groups in total. The van der Waals surface area contributed by atoms with E-state index in [2.05, 4.69) is 4.98 Å². The molecule has 1 heterocycles. The standard InChI is InChI=1S/C27H21F6NO3/c1-35-21-7-3-5-17(13-21)24-25(18-6-4-8-22(14-18)36-2)37-23(34-24)10-9-16-11-19(26(28,29)30)15-20(12-16)27(31,32)33/h3-8,11-15H,9-10H2,1-2H3. The van der Waals surface area contributed by atoms with E-state index in [1.54, 1.807) is 48.5 Å². The highest BCUT2D eigenvalue weighted by molar-refractivity contribution is 5.78. The Labute approximate surface area is 208 Å². The molecule has 1 aromatic heterocycles. The minimum absolute atomic E-state index is 0.0282. The van der Waals surface area contributed by atoms with Crippen LogP contribution in [0, 0.1) is 0 Å². The number of halogens is 6. The Hall–Kier alpha value is -3.95. The molecule has 0 aliphatic rings. The van der Waals surface area contributed by atoms with Gasteiger partial charge in [-0.2, -0.15) is 26.3 Å². The van der Waals surface area contributed by atoms with Gasteiger partial charge in [0.25, 0.3) is 0 Å².